The fourth-order valence-electron chi connectivity index (χ4n) is 11.6. The predicted octanol–water partition coefficient (Wildman–Crippen LogP) is 8.05. The van der Waals surface area contributed by atoms with E-state index in [0.717, 1.165) is 34.2 Å². The van der Waals surface area contributed by atoms with Gasteiger partial charge in [0.2, 0.25) is 17.7 Å². The molecule has 14 heteroatoms. The van der Waals surface area contributed by atoms with E-state index in [0.29, 0.717) is 38.9 Å². The third kappa shape index (κ3) is 12.9. The van der Waals surface area contributed by atoms with Gasteiger partial charge in [0.15, 0.2) is 0 Å². The van der Waals surface area contributed by atoms with Crippen LogP contribution in [0, 0.1) is 5.92 Å². The normalized spacial score (nSPS) is 18.7. The van der Waals surface area contributed by atoms with Crippen molar-refractivity contribution in [1.29, 1.82) is 0 Å². The first-order valence-corrected chi connectivity index (χ1v) is 27.0. The Morgan fingerprint density at radius 1 is 0.519 bits per heavy atom. The molecule has 5 amide bonds. The van der Waals surface area contributed by atoms with Crippen molar-refractivity contribution in [1.82, 2.24) is 36.4 Å². The van der Waals surface area contributed by atoms with Crippen molar-refractivity contribution >= 4 is 29.9 Å². The van der Waals surface area contributed by atoms with Gasteiger partial charge in [-0.25, -0.2) is 9.59 Å². The van der Waals surface area contributed by atoms with Crippen LogP contribution >= 0.6 is 0 Å². The monoisotopic (exact) mass is 1040 g/mol. The van der Waals surface area contributed by atoms with Crippen molar-refractivity contribution in [3.63, 3.8) is 0 Å². The zero-order valence-electron chi connectivity index (χ0n) is 44.5. The minimum atomic E-state index is -0.679. The molecule has 4 aliphatic rings. The molecule has 6 aromatic rings. The molecular formula is C63H71N7O7. The molecule has 0 bridgehead atoms. The van der Waals surface area contributed by atoms with E-state index in [4.69, 9.17) is 9.47 Å². The Morgan fingerprint density at radius 3 is 1.31 bits per heavy atom. The van der Waals surface area contributed by atoms with Crippen LogP contribution in [0.15, 0.2) is 158 Å². The minimum Gasteiger partial charge on any atom is -0.449 e. The van der Waals surface area contributed by atoms with Crippen LogP contribution in [0.5, 0.6) is 0 Å². The van der Waals surface area contributed by atoms with Gasteiger partial charge in [0.1, 0.15) is 19.3 Å². The van der Waals surface area contributed by atoms with Gasteiger partial charge in [-0.1, -0.05) is 172 Å². The summed E-state index contributed by atoms with van der Waals surface area (Å²) in [5.74, 6) is -0.334. The van der Waals surface area contributed by atoms with Crippen LogP contribution in [-0.2, 0) is 36.7 Å². The zero-order chi connectivity index (χ0) is 53.8. The van der Waals surface area contributed by atoms with Gasteiger partial charge in [0.05, 0.1) is 18.1 Å². The SMILES string of the molecule is CN1C[C@@H](NC(=O)OCC2c3ccccc3-c3ccccc32)C[C@H]1C(=O)NCCc1ccccc1.CN[C@H](C(=O)N1C[C@@H](NC(=O)OCC2c3ccccc3-c3ccccc32)C[C@H]1C(=O)NCCc1ccccc1)C(C)C. The molecule has 10 rings (SSSR count). The molecule has 6 aromatic carbocycles. The lowest BCUT2D eigenvalue weighted by Gasteiger charge is -2.29. The average Bonchev–Trinajstić information content (AvgIpc) is 4.21. The number of hydrogen-bond donors (Lipinski definition) is 5. The van der Waals surface area contributed by atoms with Crippen LogP contribution in [0.1, 0.15) is 71.9 Å². The van der Waals surface area contributed by atoms with Crippen molar-refractivity contribution in [2.75, 3.05) is 53.5 Å². The molecule has 0 saturated carbocycles. The summed E-state index contributed by atoms with van der Waals surface area (Å²) in [6.45, 7) is 6.33. The van der Waals surface area contributed by atoms with E-state index in [2.05, 4.69) is 87.2 Å². The first-order valence-electron chi connectivity index (χ1n) is 27.0. The standard InChI is InChI=1S/C34H40N4O4.C29H31N3O3/c1-22(2)31(35-3)33(40)38-20-24(19-30(38)32(39)36-18-17-23-11-5-4-6-12-23)37-34(41)42-21-29-27-15-9-7-13-25(27)26-14-8-10-16-28(26)29;1-32-18-21(17-27(32)28(33)30-16-15-20-9-3-2-4-10-20)31-29(34)35-19-26-24-13-7-5-11-22(24)23-12-6-8-14-25(23)26/h4-16,22,24,29-31,35H,17-21H2,1-3H3,(H,36,39)(H,37,41);2-14,21,26-27H,15-19H2,1H3,(H,30,33)(H,31,34)/t24-,30-,31-;21-,27-/m00/s1. The summed E-state index contributed by atoms with van der Waals surface area (Å²) >= 11 is 0. The summed E-state index contributed by atoms with van der Waals surface area (Å²) in [5, 5.41) is 15.0. The number of likely N-dealkylation sites (tertiary alicyclic amines) is 2. The van der Waals surface area contributed by atoms with Crippen LogP contribution in [0.4, 0.5) is 9.59 Å². The molecule has 400 valence electrons. The number of fused-ring (bicyclic) bond motifs is 6. The van der Waals surface area contributed by atoms with Crippen molar-refractivity contribution in [2.45, 2.75) is 81.6 Å². The van der Waals surface area contributed by atoms with E-state index in [-0.39, 0.29) is 67.3 Å². The number of carbonyl (C=O) groups excluding carboxylic acids is 5. The average molecular weight is 1040 g/mol. The zero-order valence-corrected chi connectivity index (χ0v) is 44.5. The second-order valence-corrected chi connectivity index (χ2v) is 20.8. The molecule has 2 heterocycles. The van der Waals surface area contributed by atoms with Gasteiger partial charge >= 0.3 is 12.2 Å². The molecule has 5 atom stereocenters. The van der Waals surface area contributed by atoms with Crippen molar-refractivity contribution < 1.29 is 33.4 Å². The molecule has 0 aromatic heterocycles. The van der Waals surface area contributed by atoms with Gasteiger partial charge in [0, 0.05) is 44.1 Å². The van der Waals surface area contributed by atoms with Gasteiger partial charge in [0.25, 0.3) is 0 Å². The lowest BCUT2D eigenvalue weighted by molar-refractivity contribution is -0.140. The lowest BCUT2D eigenvalue weighted by atomic mass is 9.98. The summed E-state index contributed by atoms with van der Waals surface area (Å²) in [6.07, 6.45) is 1.40. The first-order chi connectivity index (χ1) is 37.5. The van der Waals surface area contributed by atoms with Gasteiger partial charge < -0.3 is 41.0 Å². The second kappa shape index (κ2) is 25.4. The molecule has 2 aliphatic heterocycles. The number of carbonyl (C=O) groups is 5. The Morgan fingerprint density at radius 2 is 0.896 bits per heavy atom. The maximum absolute atomic E-state index is 13.5. The molecule has 0 unspecified atom stereocenters. The maximum atomic E-state index is 13.5. The van der Waals surface area contributed by atoms with Gasteiger partial charge in [-0.3, -0.25) is 19.3 Å². The van der Waals surface area contributed by atoms with Gasteiger partial charge in [-0.2, -0.15) is 0 Å². The highest BCUT2D eigenvalue weighted by molar-refractivity contribution is 5.91. The molecular weight excluding hydrogens is 967 g/mol. The van der Waals surface area contributed by atoms with Gasteiger partial charge in [-0.15, -0.1) is 0 Å². The molecule has 0 radical (unpaired) electrons. The Labute approximate surface area is 452 Å². The minimum absolute atomic E-state index is 0.000248. The Balaban J connectivity index is 0.000000191. The van der Waals surface area contributed by atoms with Crippen LogP contribution < -0.4 is 26.6 Å². The van der Waals surface area contributed by atoms with E-state index < -0.39 is 30.3 Å². The van der Waals surface area contributed by atoms with Crippen molar-refractivity contribution in [2.24, 2.45) is 5.92 Å². The van der Waals surface area contributed by atoms with Crippen LogP contribution in [-0.4, -0.2) is 123 Å². The van der Waals surface area contributed by atoms with E-state index in [9.17, 15) is 24.0 Å². The van der Waals surface area contributed by atoms with Crippen LogP contribution in [0.3, 0.4) is 0 Å². The summed E-state index contributed by atoms with van der Waals surface area (Å²) in [4.78, 5) is 68.8. The Bertz CT molecular complexity index is 2920. The molecule has 14 nitrogen and oxygen atoms in total. The van der Waals surface area contributed by atoms with Crippen molar-refractivity contribution in [3.8, 4) is 22.3 Å². The number of nitrogens with one attached hydrogen (secondary N) is 5. The predicted molar refractivity (Wildman–Crippen MR) is 299 cm³/mol. The number of alkyl carbamates (subject to hydrolysis) is 2. The highest BCUT2D eigenvalue weighted by Crippen LogP contribution is 2.46. The number of nitrogens with zero attached hydrogens (tertiary/aromatic N) is 2. The van der Waals surface area contributed by atoms with E-state index in [1.165, 1.54) is 27.8 Å². The fraction of sp³-hybridized carbons (Fsp3) is 0.349. The van der Waals surface area contributed by atoms with Crippen molar-refractivity contribution in [3.05, 3.63) is 191 Å². The maximum Gasteiger partial charge on any atom is 0.407 e. The third-order valence-electron chi connectivity index (χ3n) is 15.4. The molecule has 5 N–H and O–H groups in total. The smallest absolute Gasteiger partial charge is 0.407 e. The number of benzene rings is 6. The number of amides is 5. The molecule has 0 spiro atoms. The number of ether oxygens (including phenoxy) is 2. The molecule has 2 aliphatic carbocycles. The molecule has 2 fully saturated rings. The summed E-state index contributed by atoms with van der Waals surface area (Å²) in [5.41, 5.74) is 11.7. The molecule has 2 saturated heterocycles. The Hall–Kier alpha value is -7.81. The topological polar surface area (TPSA) is 170 Å². The fourth-order valence-corrected chi connectivity index (χ4v) is 11.6. The quantitative estimate of drug-likeness (QED) is 0.0607. The number of likely N-dealkylation sites (N-methyl/N-ethyl adjacent to an activating group) is 2. The highest BCUT2D eigenvalue weighted by atomic mass is 16.6. The second-order valence-electron chi connectivity index (χ2n) is 20.8. The van der Waals surface area contributed by atoms with Gasteiger partial charge in [-0.05, 0) is 101 Å². The van der Waals surface area contributed by atoms with E-state index in [1.807, 2.05) is 123 Å². The van der Waals surface area contributed by atoms with E-state index >= 15 is 0 Å². The largest absolute Gasteiger partial charge is 0.449 e. The number of rotatable bonds is 17. The first kappa shape index (κ1) is 54.0. The summed E-state index contributed by atoms with van der Waals surface area (Å²) in [6, 6.07) is 51.1. The molecule has 77 heavy (non-hydrogen) atoms. The van der Waals surface area contributed by atoms with Crippen LogP contribution in [0.25, 0.3) is 22.3 Å². The summed E-state index contributed by atoms with van der Waals surface area (Å²) < 4.78 is 11.4. The highest BCUT2D eigenvalue weighted by Gasteiger charge is 2.43. The van der Waals surface area contributed by atoms with E-state index in [1.54, 1.807) is 11.9 Å². The number of hydrogen-bond acceptors (Lipinski definition) is 9. The lowest BCUT2D eigenvalue weighted by Crippen LogP contribution is -2.53. The van der Waals surface area contributed by atoms with Crippen LogP contribution in [0.2, 0.25) is 0 Å². The summed E-state index contributed by atoms with van der Waals surface area (Å²) in [7, 11) is 3.67. The third-order valence-corrected chi connectivity index (χ3v) is 15.4. The Kier molecular flexibility index (Phi) is 17.8.